The lowest BCUT2D eigenvalue weighted by Gasteiger charge is -2.06. The summed E-state index contributed by atoms with van der Waals surface area (Å²) in [5, 5.41) is 16.5. The average Bonchev–Trinajstić information content (AvgIpc) is 2.85. The van der Waals surface area contributed by atoms with E-state index in [4.69, 9.17) is 10.8 Å². The van der Waals surface area contributed by atoms with E-state index in [-0.39, 0.29) is 11.5 Å². The molecular weight excluding hydrogens is 295 g/mol. The van der Waals surface area contributed by atoms with Gasteiger partial charge in [-0.2, -0.15) is 0 Å². The van der Waals surface area contributed by atoms with Crippen LogP contribution in [0.2, 0.25) is 0 Å². The quantitative estimate of drug-likeness (QED) is 0.751. The van der Waals surface area contributed by atoms with E-state index in [1.807, 2.05) is 0 Å². The standard InChI is InChI=1S/C13H15FN4O2S/c14-9-3-1-2-4-11(9)21-8-7-18-10(5-6-15)12(13(19)20)16-17-18/h1-4H,5-8,15H2,(H,19,20). The average molecular weight is 310 g/mol. The Labute approximate surface area is 125 Å². The van der Waals surface area contributed by atoms with E-state index in [2.05, 4.69) is 10.3 Å². The molecule has 0 aliphatic heterocycles. The molecule has 21 heavy (non-hydrogen) atoms. The van der Waals surface area contributed by atoms with Crippen LogP contribution in [0, 0.1) is 5.82 Å². The lowest BCUT2D eigenvalue weighted by atomic mass is 10.2. The second-order valence-corrected chi connectivity index (χ2v) is 5.37. The number of carbonyl (C=O) groups is 1. The zero-order chi connectivity index (χ0) is 15.2. The molecule has 2 aromatic rings. The summed E-state index contributed by atoms with van der Waals surface area (Å²) in [6.45, 7) is 0.753. The Morgan fingerprint density at radius 1 is 1.43 bits per heavy atom. The summed E-state index contributed by atoms with van der Waals surface area (Å²) in [5.74, 6) is -0.832. The van der Waals surface area contributed by atoms with Gasteiger partial charge in [0.05, 0.1) is 12.2 Å². The summed E-state index contributed by atoms with van der Waals surface area (Å²) in [6, 6.07) is 6.50. The first kappa shape index (κ1) is 15.5. The predicted molar refractivity (Wildman–Crippen MR) is 76.9 cm³/mol. The molecule has 8 heteroatoms. The van der Waals surface area contributed by atoms with E-state index >= 15 is 0 Å². The van der Waals surface area contributed by atoms with Crippen molar-refractivity contribution in [2.24, 2.45) is 5.73 Å². The van der Waals surface area contributed by atoms with E-state index in [0.717, 1.165) is 0 Å². The van der Waals surface area contributed by atoms with E-state index in [0.29, 0.717) is 35.9 Å². The normalized spacial score (nSPS) is 10.8. The molecular formula is C13H15FN4O2S. The Kier molecular flexibility index (Phi) is 5.29. The summed E-state index contributed by atoms with van der Waals surface area (Å²) < 4.78 is 15.0. The number of aromatic nitrogens is 3. The molecule has 3 N–H and O–H groups in total. The number of aromatic carboxylic acids is 1. The van der Waals surface area contributed by atoms with Crippen molar-refractivity contribution in [1.82, 2.24) is 15.0 Å². The number of hydrogen-bond donors (Lipinski definition) is 2. The maximum atomic E-state index is 13.5. The van der Waals surface area contributed by atoms with Crippen LogP contribution in [0.3, 0.4) is 0 Å². The number of aryl methyl sites for hydroxylation is 1. The minimum absolute atomic E-state index is 0.0728. The number of halogens is 1. The lowest BCUT2D eigenvalue weighted by Crippen LogP contribution is -2.14. The van der Waals surface area contributed by atoms with Crippen LogP contribution in [0.15, 0.2) is 29.2 Å². The summed E-state index contributed by atoms with van der Waals surface area (Å²) >= 11 is 1.34. The highest BCUT2D eigenvalue weighted by molar-refractivity contribution is 7.99. The monoisotopic (exact) mass is 310 g/mol. The third-order valence-electron chi connectivity index (χ3n) is 2.82. The Morgan fingerprint density at radius 3 is 2.86 bits per heavy atom. The minimum atomic E-state index is -1.12. The van der Waals surface area contributed by atoms with E-state index in [9.17, 15) is 9.18 Å². The predicted octanol–water partition coefficient (Wildman–Crippen LogP) is 1.41. The molecule has 1 heterocycles. The van der Waals surface area contributed by atoms with Crippen molar-refractivity contribution < 1.29 is 14.3 Å². The fraction of sp³-hybridized carbons (Fsp3) is 0.308. The zero-order valence-corrected chi connectivity index (χ0v) is 12.0. The molecule has 0 aliphatic carbocycles. The molecule has 0 unspecified atom stereocenters. The van der Waals surface area contributed by atoms with Gasteiger partial charge < -0.3 is 10.8 Å². The van der Waals surface area contributed by atoms with Crippen molar-refractivity contribution >= 4 is 17.7 Å². The van der Waals surface area contributed by atoms with Crippen LogP contribution in [-0.4, -0.2) is 38.4 Å². The van der Waals surface area contributed by atoms with Gasteiger partial charge in [0.2, 0.25) is 0 Å². The van der Waals surface area contributed by atoms with Gasteiger partial charge in [-0.05, 0) is 18.7 Å². The van der Waals surface area contributed by atoms with Crippen LogP contribution in [-0.2, 0) is 13.0 Å². The number of carboxylic acids is 1. The summed E-state index contributed by atoms with van der Waals surface area (Å²) in [5.41, 5.74) is 5.91. The summed E-state index contributed by atoms with van der Waals surface area (Å²) in [6.07, 6.45) is 0.388. The van der Waals surface area contributed by atoms with E-state index in [1.54, 1.807) is 18.2 Å². The lowest BCUT2D eigenvalue weighted by molar-refractivity contribution is 0.0689. The third kappa shape index (κ3) is 3.79. The Morgan fingerprint density at radius 2 is 2.19 bits per heavy atom. The third-order valence-corrected chi connectivity index (χ3v) is 3.85. The van der Waals surface area contributed by atoms with Crippen LogP contribution in [0.25, 0.3) is 0 Å². The van der Waals surface area contributed by atoms with Crippen molar-refractivity contribution in [3.8, 4) is 0 Å². The summed E-state index contributed by atoms with van der Waals surface area (Å²) in [7, 11) is 0. The van der Waals surface area contributed by atoms with Gasteiger partial charge in [0.15, 0.2) is 5.69 Å². The molecule has 0 atom stereocenters. The van der Waals surface area contributed by atoms with Crippen LogP contribution in [0.1, 0.15) is 16.2 Å². The molecule has 0 aliphatic rings. The Hall–Kier alpha value is -1.93. The number of hydrogen-bond acceptors (Lipinski definition) is 5. The smallest absolute Gasteiger partial charge is 0.358 e. The number of nitrogens with zero attached hydrogens (tertiary/aromatic N) is 3. The van der Waals surface area contributed by atoms with E-state index in [1.165, 1.54) is 22.5 Å². The van der Waals surface area contributed by atoms with Crippen molar-refractivity contribution in [2.45, 2.75) is 17.9 Å². The molecule has 2 rings (SSSR count). The number of thioether (sulfide) groups is 1. The van der Waals surface area contributed by atoms with Crippen LogP contribution < -0.4 is 5.73 Å². The van der Waals surface area contributed by atoms with Gasteiger partial charge >= 0.3 is 5.97 Å². The number of carboxylic acid groups (broad SMARTS) is 1. The van der Waals surface area contributed by atoms with Gasteiger partial charge in [-0.25, -0.2) is 13.9 Å². The van der Waals surface area contributed by atoms with Crippen molar-refractivity contribution in [2.75, 3.05) is 12.3 Å². The first-order chi connectivity index (χ1) is 10.1. The zero-order valence-electron chi connectivity index (χ0n) is 11.2. The molecule has 0 spiro atoms. The molecule has 0 saturated heterocycles. The molecule has 1 aromatic heterocycles. The van der Waals surface area contributed by atoms with Crippen LogP contribution >= 0.6 is 11.8 Å². The number of benzene rings is 1. The second-order valence-electron chi connectivity index (χ2n) is 4.23. The highest BCUT2D eigenvalue weighted by Crippen LogP contribution is 2.21. The molecule has 0 amide bonds. The van der Waals surface area contributed by atoms with Gasteiger partial charge in [0.25, 0.3) is 0 Å². The minimum Gasteiger partial charge on any atom is -0.476 e. The molecule has 1 aromatic carbocycles. The Bertz CT molecular complexity index is 632. The first-order valence-corrected chi connectivity index (χ1v) is 7.35. The van der Waals surface area contributed by atoms with Gasteiger partial charge in [0, 0.05) is 17.1 Å². The SMILES string of the molecule is NCCc1c(C(=O)O)nnn1CCSc1ccccc1F. The summed E-state index contributed by atoms with van der Waals surface area (Å²) in [4.78, 5) is 11.6. The fourth-order valence-corrected chi connectivity index (χ4v) is 2.73. The van der Waals surface area contributed by atoms with Gasteiger partial charge in [0.1, 0.15) is 5.82 Å². The maximum absolute atomic E-state index is 13.5. The molecule has 0 bridgehead atoms. The van der Waals surface area contributed by atoms with Gasteiger partial charge in [-0.1, -0.05) is 17.3 Å². The molecule has 112 valence electrons. The molecule has 0 radical (unpaired) electrons. The van der Waals surface area contributed by atoms with Crippen molar-refractivity contribution in [1.29, 1.82) is 0 Å². The van der Waals surface area contributed by atoms with Crippen LogP contribution in [0.4, 0.5) is 4.39 Å². The Balaban J connectivity index is 2.03. The van der Waals surface area contributed by atoms with Gasteiger partial charge in [-0.15, -0.1) is 16.9 Å². The largest absolute Gasteiger partial charge is 0.476 e. The first-order valence-electron chi connectivity index (χ1n) is 6.36. The molecule has 6 nitrogen and oxygen atoms in total. The molecule has 0 fully saturated rings. The van der Waals surface area contributed by atoms with Crippen LogP contribution in [0.5, 0.6) is 0 Å². The highest BCUT2D eigenvalue weighted by atomic mass is 32.2. The maximum Gasteiger partial charge on any atom is 0.358 e. The second kappa shape index (κ2) is 7.19. The number of rotatable bonds is 7. The van der Waals surface area contributed by atoms with E-state index < -0.39 is 5.97 Å². The van der Waals surface area contributed by atoms with Crippen molar-refractivity contribution in [3.05, 3.63) is 41.5 Å². The fourth-order valence-electron chi connectivity index (χ4n) is 1.87. The number of nitrogens with two attached hydrogens (primary N) is 1. The highest BCUT2D eigenvalue weighted by Gasteiger charge is 2.18. The molecule has 0 saturated carbocycles. The van der Waals surface area contributed by atoms with Gasteiger partial charge in [-0.3, -0.25) is 0 Å². The topological polar surface area (TPSA) is 94.0 Å². The van der Waals surface area contributed by atoms with Crippen molar-refractivity contribution in [3.63, 3.8) is 0 Å².